The third kappa shape index (κ3) is 8.98. The van der Waals surface area contributed by atoms with Crippen LogP contribution in [0.3, 0.4) is 0 Å². The number of ether oxygens (including phenoxy) is 2. The molecule has 2 amide bonds. The second-order valence-electron chi connectivity index (χ2n) is 11.5. The summed E-state index contributed by atoms with van der Waals surface area (Å²) in [5.74, 6) is 0.288. The summed E-state index contributed by atoms with van der Waals surface area (Å²) >= 11 is 0. The Morgan fingerprint density at radius 1 is 0.980 bits per heavy atom. The maximum Gasteiger partial charge on any atom is 0.407 e. The SMILES string of the molecule is COC(=O)NC(c1ccccc1)c1cccc(OCc2cc(C(=O)NCCCCNCC(O)c3ccc(N=O)c4[nH]c(=O)ccc34)nn2C)c1. The third-order valence-corrected chi connectivity index (χ3v) is 8.14. The van der Waals surface area contributed by atoms with Crippen LogP contribution in [0, 0.1) is 4.91 Å². The Kier molecular flexibility index (Phi) is 12.0. The number of aromatic nitrogens is 3. The molecule has 0 saturated heterocycles. The van der Waals surface area contributed by atoms with Crippen molar-refractivity contribution in [1.82, 2.24) is 30.7 Å². The number of pyridine rings is 1. The summed E-state index contributed by atoms with van der Waals surface area (Å²) in [7, 11) is 3.06. The highest BCUT2D eigenvalue weighted by Crippen LogP contribution is 2.30. The fourth-order valence-corrected chi connectivity index (χ4v) is 5.52. The highest BCUT2D eigenvalue weighted by atomic mass is 16.5. The maximum atomic E-state index is 12.8. The first-order valence-corrected chi connectivity index (χ1v) is 16.1. The zero-order valence-electron chi connectivity index (χ0n) is 27.7. The minimum absolute atomic E-state index is 0.102. The number of H-pyrrole nitrogens is 1. The highest BCUT2D eigenvalue weighted by Gasteiger charge is 2.19. The quantitative estimate of drug-likeness (QED) is 0.0737. The fraction of sp³-hybridized carbons (Fsp3) is 0.278. The van der Waals surface area contributed by atoms with E-state index < -0.39 is 18.2 Å². The molecule has 0 aliphatic carbocycles. The van der Waals surface area contributed by atoms with Crippen molar-refractivity contribution in [3.63, 3.8) is 0 Å². The first kappa shape index (κ1) is 35.4. The van der Waals surface area contributed by atoms with Gasteiger partial charge in [0.2, 0.25) is 5.56 Å². The van der Waals surface area contributed by atoms with Gasteiger partial charge >= 0.3 is 6.09 Å². The van der Waals surface area contributed by atoms with Gasteiger partial charge in [-0.25, -0.2) is 4.79 Å². The van der Waals surface area contributed by atoms with Crippen LogP contribution < -0.4 is 26.2 Å². The molecule has 0 radical (unpaired) electrons. The number of hydrogen-bond donors (Lipinski definition) is 5. The average molecular weight is 682 g/mol. The zero-order valence-corrected chi connectivity index (χ0v) is 27.7. The van der Waals surface area contributed by atoms with Crippen LogP contribution in [0.2, 0.25) is 0 Å². The molecular formula is C36H39N7O7. The van der Waals surface area contributed by atoms with Crippen molar-refractivity contribution in [2.75, 3.05) is 26.7 Å². The maximum absolute atomic E-state index is 12.8. The summed E-state index contributed by atoms with van der Waals surface area (Å²) in [4.78, 5) is 50.3. The van der Waals surface area contributed by atoms with Crippen molar-refractivity contribution in [1.29, 1.82) is 0 Å². The van der Waals surface area contributed by atoms with Crippen LogP contribution in [0.15, 0.2) is 94.9 Å². The van der Waals surface area contributed by atoms with Crippen molar-refractivity contribution in [2.45, 2.75) is 31.6 Å². The predicted octanol–water partition coefficient (Wildman–Crippen LogP) is 4.52. The number of rotatable bonds is 16. The van der Waals surface area contributed by atoms with Crippen LogP contribution in [-0.2, 0) is 18.4 Å². The number of nitrogens with zero attached hydrogens (tertiary/aromatic N) is 3. The molecule has 2 heterocycles. The molecule has 50 heavy (non-hydrogen) atoms. The van der Waals surface area contributed by atoms with Gasteiger partial charge in [-0.3, -0.25) is 14.3 Å². The number of methoxy groups -OCH3 is 1. The normalized spacial score (nSPS) is 12.2. The number of carbonyl (C=O) groups excluding carboxylic acids is 2. The van der Waals surface area contributed by atoms with Gasteiger partial charge in [0.25, 0.3) is 5.91 Å². The minimum atomic E-state index is -0.870. The van der Waals surface area contributed by atoms with Gasteiger partial charge in [0.05, 0.1) is 30.5 Å². The molecule has 0 spiro atoms. The largest absolute Gasteiger partial charge is 0.487 e. The molecule has 0 aliphatic heterocycles. The third-order valence-electron chi connectivity index (χ3n) is 8.14. The average Bonchev–Trinajstić information content (AvgIpc) is 3.52. The number of nitrogens with one attached hydrogen (secondary N) is 4. The molecule has 0 aliphatic rings. The lowest BCUT2D eigenvalue weighted by molar-refractivity contribution is 0.0947. The second kappa shape index (κ2) is 17.0. The van der Waals surface area contributed by atoms with E-state index >= 15 is 0 Å². The van der Waals surface area contributed by atoms with E-state index in [9.17, 15) is 24.4 Å². The number of unbranched alkanes of at least 4 members (excludes halogenated alkanes) is 1. The molecule has 2 unspecified atom stereocenters. The van der Waals surface area contributed by atoms with E-state index in [2.05, 4.69) is 31.2 Å². The summed E-state index contributed by atoms with van der Waals surface area (Å²) in [5, 5.41) is 27.6. The fourth-order valence-electron chi connectivity index (χ4n) is 5.52. The van der Waals surface area contributed by atoms with E-state index in [1.807, 2.05) is 54.6 Å². The van der Waals surface area contributed by atoms with E-state index in [4.69, 9.17) is 9.47 Å². The molecule has 5 rings (SSSR count). The van der Waals surface area contributed by atoms with E-state index in [0.29, 0.717) is 47.4 Å². The molecule has 2 atom stereocenters. The molecule has 14 heteroatoms. The Hall–Kier alpha value is -5.86. The van der Waals surface area contributed by atoms with Crippen LogP contribution in [0.5, 0.6) is 5.75 Å². The van der Waals surface area contributed by atoms with Gasteiger partial charge in [0.1, 0.15) is 18.0 Å². The number of alkyl carbamates (subject to hydrolysis) is 1. The van der Waals surface area contributed by atoms with Crippen molar-refractivity contribution in [3.8, 4) is 5.75 Å². The van der Waals surface area contributed by atoms with Crippen LogP contribution >= 0.6 is 0 Å². The number of hydrogen-bond acceptors (Lipinski definition) is 10. The number of aromatic amines is 1. The van der Waals surface area contributed by atoms with Gasteiger partial charge in [-0.15, -0.1) is 4.91 Å². The van der Waals surface area contributed by atoms with Gasteiger partial charge in [0.15, 0.2) is 5.69 Å². The first-order chi connectivity index (χ1) is 24.3. The Balaban J connectivity index is 1.06. The molecule has 3 aromatic carbocycles. The van der Waals surface area contributed by atoms with E-state index in [1.165, 1.54) is 19.2 Å². The molecule has 5 N–H and O–H groups in total. The van der Waals surface area contributed by atoms with Gasteiger partial charge in [-0.05, 0) is 71.6 Å². The molecule has 0 fully saturated rings. The molecule has 0 bridgehead atoms. The summed E-state index contributed by atoms with van der Waals surface area (Å²) in [6.45, 7) is 1.48. The summed E-state index contributed by atoms with van der Waals surface area (Å²) in [5.41, 5.74) is 3.28. The minimum Gasteiger partial charge on any atom is -0.487 e. The molecular weight excluding hydrogens is 642 g/mol. The first-order valence-electron chi connectivity index (χ1n) is 16.1. The lowest BCUT2D eigenvalue weighted by Crippen LogP contribution is -2.29. The van der Waals surface area contributed by atoms with Crippen LogP contribution in [-0.4, -0.2) is 58.6 Å². The molecule has 0 saturated carbocycles. The van der Waals surface area contributed by atoms with Crippen LogP contribution in [0.1, 0.15) is 57.9 Å². The summed E-state index contributed by atoms with van der Waals surface area (Å²) < 4.78 is 12.5. The Bertz CT molecular complexity index is 1990. The number of carbonyl (C=O) groups is 2. The number of aryl methyl sites for hydroxylation is 1. The van der Waals surface area contributed by atoms with E-state index in [1.54, 1.807) is 29.9 Å². The monoisotopic (exact) mass is 681 g/mol. The number of nitroso groups, excluding NO2 is 1. The van der Waals surface area contributed by atoms with Gasteiger partial charge < -0.3 is 35.5 Å². The lowest BCUT2D eigenvalue weighted by Gasteiger charge is -2.20. The van der Waals surface area contributed by atoms with Crippen molar-refractivity contribution in [2.24, 2.45) is 12.2 Å². The topological polar surface area (TPSA) is 189 Å². The van der Waals surface area contributed by atoms with Gasteiger partial charge in [-0.1, -0.05) is 48.5 Å². The summed E-state index contributed by atoms with van der Waals surface area (Å²) in [6, 6.07) is 24.2. The van der Waals surface area contributed by atoms with Crippen LogP contribution in [0.4, 0.5) is 10.5 Å². The molecule has 14 nitrogen and oxygen atoms in total. The van der Waals surface area contributed by atoms with Crippen molar-refractivity contribution in [3.05, 3.63) is 128 Å². The molecule has 2 aromatic heterocycles. The number of aliphatic hydroxyl groups excluding tert-OH is 1. The molecule has 260 valence electrons. The standard InChI is InChI=1S/C36H39N7O7/c1-43-25(22-50-26-12-8-11-24(19-26)33(40-36(47)49-2)23-9-4-3-5-10-23)20-30(41-43)35(46)38-18-7-6-17-37-21-31(44)27-13-15-29(42-48)34-28(27)14-16-32(45)39-34/h3-5,8-16,19-20,31,33,37,44H,6-7,17-18,21-22H2,1-2H3,(H,38,46)(H,39,45)(H,40,47). The van der Waals surface area contributed by atoms with E-state index in [-0.39, 0.29) is 36.0 Å². The second-order valence-corrected chi connectivity index (χ2v) is 11.5. The molecule has 5 aromatic rings. The Morgan fingerprint density at radius 2 is 1.76 bits per heavy atom. The van der Waals surface area contributed by atoms with Crippen LogP contribution in [0.25, 0.3) is 10.9 Å². The van der Waals surface area contributed by atoms with Crippen molar-refractivity contribution >= 4 is 28.6 Å². The Labute approximate surface area is 287 Å². The smallest absolute Gasteiger partial charge is 0.407 e. The Morgan fingerprint density at radius 3 is 2.54 bits per heavy atom. The number of aliphatic hydroxyl groups is 1. The van der Waals surface area contributed by atoms with E-state index in [0.717, 1.165) is 17.5 Å². The van der Waals surface area contributed by atoms with Gasteiger partial charge in [-0.2, -0.15) is 5.10 Å². The number of amides is 2. The summed E-state index contributed by atoms with van der Waals surface area (Å²) in [6.07, 6.45) is 0.0263. The predicted molar refractivity (Wildman–Crippen MR) is 187 cm³/mol. The zero-order chi connectivity index (χ0) is 35.5. The highest BCUT2D eigenvalue weighted by molar-refractivity contribution is 5.92. The van der Waals surface area contributed by atoms with Gasteiger partial charge in [0, 0.05) is 31.6 Å². The van der Waals surface area contributed by atoms with Crippen molar-refractivity contribution < 1.29 is 24.2 Å². The number of benzene rings is 3. The lowest BCUT2D eigenvalue weighted by atomic mass is 9.98. The number of fused-ring (bicyclic) bond motifs is 1.